The van der Waals surface area contributed by atoms with Crippen LogP contribution in [-0.4, -0.2) is 24.5 Å². The molecule has 0 fully saturated rings. The van der Waals surface area contributed by atoms with E-state index in [1.54, 1.807) is 0 Å². The Hall–Kier alpha value is -0.870. The molecule has 0 saturated heterocycles. The van der Waals surface area contributed by atoms with Crippen LogP contribution in [0.1, 0.15) is 26.3 Å². The third kappa shape index (κ3) is 3.61. The molecule has 16 heavy (non-hydrogen) atoms. The third-order valence-electron chi connectivity index (χ3n) is 2.32. The standard InChI is InChI=1S/C12H19NO2S/c1-12(2,3)13(16(4,14)15)10-11-8-6-5-7-9-11/h5-9H,10H2,1-4H3. The Morgan fingerprint density at radius 1 is 1.12 bits per heavy atom. The van der Waals surface area contributed by atoms with E-state index in [2.05, 4.69) is 0 Å². The van der Waals surface area contributed by atoms with Crippen LogP contribution in [0.25, 0.3) is 0 Å². The van der Waals surface area contributed by atoms with Crippen molar-refractivity contribution < 1.29 is 8.42 Å². The van der Waals surface area contributed by atoms with Crippen LogP contribution in [0.5, 0.6) is 0 Å². The highest BCUT2D eigenvalue weighted by atomic mass is 32.2. The Labute approximate surface area is 98.1 Å². The van der Waals surface area contributed by atoms with E-state index in [1.807, 2.05) is 51.1 Å². The molecule has 0 saturated carbocycles. The normalized spacial score (nSPS) is 13.1. The van der Waals surface area contributed by atoms with Crippen molar-refractivity contribution in [3.05, 3.63) is 35.9 Å². The molecule has 1 aromatic rings. The van der Waals surface area contributed by atoms with Crippen molar-refractivity contribution in [1.82, 2.24) is 4.31 Å². The lowest BCUT2D eigenvalue weighted by Crippen LogP contribution is -2.44. The van der Waals surface area contributed by atoms with E-state index in [9.17, 15) is 8.42 Å². The molecule has 0 aliphatic carbocycles. The highest BCUT2D eigenvalue weighted by Crippen LogP contribution is 2.20. The fourth-order valence-electron chi connectivity index (χ4n) is 1.60. The fourth-order valence-corrected chi connectivity index (χ4v) is 2.98. The van der Waals surface area contributed by atoms with Crippen molar-refractivity contribution in [3.8, 4) is 0 Å². The molecule has 0 radical (unpaired) electrons. The van der Waals surface area contributed by atoms with Crippen LogP contribution in [0.15, 0.2) is 30.3 Å². The van der Waals surface area contributed by atoms with Gasteiger partial charge < -0.3 is 0 Å². The van der Waals surface area contributed by atoms with Gasteiger partial charge in [-0.25, -0.2) is 8.42 Å². The molecule has 0 aromatic heterocycles. The van der Waals surface area contributed by atoms with Crippen LogP contribution in [0.3, 0.4) is 0 Å². The van der Waals surface area contributed by atoms with Gasteiger partial charge in [0.25, 0.3) is 0 Å². The van der Waals surface area contributed by atoms with Gasteiger partial charge in [-0.3, -0.25) is 0 Å². The second kappa shape index (κ2) is 4.55. The van der Waals surface area contributed by atoms with E-state index < -0.39 is 15.6 Å². The Morgan fingerprint density at radius 3 is 2.00 bits per heavy atom. The number of nitrogens with zero attached hydrogens (tertiary/aromatic N) is 1. The smallest absolute Gasteiger partial charge is 0.211 e. The fraction of sp³-hybridized carbons (Fsp3) is 0.500. The van der Waals surface area contributed by atoms with Gasteiger partial charge in [0.2, 0.25) is 10.0 Å². The van der Waals surface area contributed by atoms with E-state index >= 15 is 0 Å². The third-order valence-corrected chi connectivity index (χ3v) is 3.80. The predicted octanol–water partition coefficient (Wildman–Crippen LogP) is 2.25. The summed E-state index contributed by atoms with van der Waals surface area (Å²) in [5, 5.41) is 0. The average molecular weight is 241 g/mol. The summed E-state index contributed by atoms with van der Waals surface area (Å²) in [6.45, 7) is 6.12. The van der Waals surface area contributed by atoms with Crippen molar-refractivity contribution in [2.45, 2.75) is 32.9 Å². The first-order valence-corrected chi connectivity index (χ1v) is 7.08. The summed E-state index contributed by atoms with van der Waals surface area (Å²) < 4.78 is 24.9. The quantitative estimate of drug-likeness (QED) is 0.814. The second-order valence-corrected chi connectivity index (χ2v) is 6.83. The first kappa shape index (κ1) is 13.2. The number of hydrogen-bond donors (Lipinski definition) is 0. The maximum absolute atomic E-state index is 11.7. The largest absolute Gasteiger partial charge is 0.212 e. The number of hydrogen-bond acceptors (Lipinski definition) is 2. The Bertz CT molecular complexity index is 432. The summed E-state index contributed by atoms with van der Waals surface area (Å²) in [6.07, 6.45) is 1.25. The molecule has 0 aliphatic rings. The van der Waals surface area contributed by atoms with Gasteiger partial charge in [0.15, 0.2) is 0 Å². The van der Waals surface area contributed by atoms with Gasteiger partial charge in [-0.05, 0) is 26.3 Å². The van der Waals surface area contributed by atoms with Crippen molar-refractivity contribution in [1.29, 1.82) is 0 Å². The maximum Gasteiger partial charge on any atom is 0.211 e. The van der Waals surface area contributed by atoms with Gasteiger partial charge in [-0.1, -0.05) is 30.3 Å². The first-order valence-electron chi connectivity index (χ1n) is 5.23. The van der Waals surface area contributed by atoms with Crippen LogP contribution in [0.2, 0.25) is 0 Å². The summed E-state index contributed by atoms with van der Waals surface area (Å²) in [6, 6.07) is 9.62. The lowest BCUT2D eigenvalue weighted by molar-refractivity contribution is 0.244. The van der Waals surface area contributed by atoms with Crippen molar-refractivity contribution in [3.63, 3.8) is 0 Å². The molecule has 0 amide bonds. The molecular formula is C12H19NO2S. The maximum atomic E-state index is 11.7. The molecule has 0 aliphatic heterocycles. The zero-order chi connectivity index (χ0) is 12.4. The highest BCUT2D eigenvalue weighted by Gasteiger charge is 2.29. The van der Waals surface area contributed by atoms with Crippen LogP contribution in [0.4, 0.5) is 0 Å². The zero-order valence-corrected chi connectivity index (χ0v) is 11.1. The summed E-state index contributed by atoms with van der Waals surface area (Å²) in [4.78, 5) is 0. The van der Waals surface area contributed by atoms with Gasteiger partial charge in [-0.15, -0.1) is 0 Å². The van der Waals surface area contributed by atoms with Crippen LogP contribution < -0.4 is 0 Å². The molecule has 1 rings (SSSR count). The van der Waals surface area contributed by atoms with E-state index in [0.29, 0.717) is 6.54 Å². The molecule has 0 unspecified atom stereocenters. The molecule has 4 heteroatoms. The molecule has 1 aromatic carbocycles. The van der Waals surface area contributed by atoms with E-state index in [1.165, 1.54) is 10.6 Å². The minimum absolute atomic E-state index is 0.399. The van der Waals surface area contributed by atoms with E-state index in [0.717, 1.165) is 5.56 Å². The van der Waals surface area contributed by atoms with Crippen LogP contribution in [0, 0.1) is 0 Å². The minimum Gasteiger partial charge on any atom is -0.212 e. The number of rotatable bonds is 3. The van der Waals surface area contributed by atoms with Crippen molar-refractivity contribution in [2.75, 3.05) is 6.26 Å². The number of benzene rings is 1. The van der Waals surface area contributed by atoms with Gasteiger partial charge in [0.05, 0.1) is 6.26 Å². The summed E-state index contributed by atoms with van der Waals surface area (Å²) in [7, 11) is -3.19. The van der Waals surface area contributed by atoms with Gasteiger partial charge >= 0.3 is 0 Å². The molecule has 0 spiro atoms. The van der Waals surface area contributed by atoms with Gasteiger partial charge in [0, 0.05) is 12.1 Å². The van der Waals surface area contributed by atoms with Crippen LogP contribution >= 0.6 is 0 Å². The monoisotopic (exact) mass is 241 g/mol. The first-order chi connectivity index (χ1) is 7.21. The van der Waals surface area contributed by atoms with Gasteiger partial charge in [-0.2, -0.15) is 4.31 Å². The highest BCUT2D eigenvalue weighted by molar-refractivity contribution is 7.88. The van der Waals surface area contributed by atoms with Crippen LogP contribution in [-0.2, 0) is 16.6 Å². The van der Waals surface area contributed by atoms with E-state index in [4.69, 9.17) is 0 Å². The lowest BCUT2D eigenvalue weighted by Gasteiger charge is -2.33. The molecular weight excluding hydrogens is 222 g/mol. The lowest BCUT2D eigenvalue weighted by atomic mass is 10.1. The SMILES string of the molecule is CC(C)(C)N(Cc1ccccc1)S(C)(=O)=O. The van der Waals surface area contributed by atoms with Crippen molar-refractivity contribution in [2.24, 2.45) is 0 Å². The van der Waals surface area contributed by atoms with Crippen molar-refractivity contribution >= 4 is 10.0 Å². The predicted molar refractivity (Wildman–Crippen MR) is 66.6 cm³/mol. The summed E-state index contributed by atoms with van der Waals surface area (Å²) in [5.74, 6) is 0. The zero-order valence-electron chi connectivity index (χ0n) is 10.3. The molecule has 3 nitrogen and oxygen atoms in total. The molecule has 0 heterocycles. The molecule has 0 atom stereocenters. The minimum atomic E-state index is -3.19. The molecule has 90 valence electrons. The topological polar surface area (TPSA) is 37.4 Å². The summed E-state index contributed by atoms with van der Waals surface area (Å²) in [5.41, 5.74) is 0.603. The Balaban J connectivity index is 2.99. The Morgan fingerprint density at radius 2 is 1.62 bits per heavy atom. The second-order valence-electron chi connectivity index (χ2n) is 4.93. The summed E-state index contributed by atoms with van der Waals surface area (Å²) >= 11 is 0. The molecule has 0 bridgehead atoms. The average Bonchev–Trinajstić information content (AvgIpc) is 2.12. The number of sulfonamides is 1. The Kier molecular flexibility index (Phi) is 3.76. The van der Waals surface area contributed by atoms with E-state index in [-0.39, 0.29) is 0 Å². The molecule has 0 N–H and O–H groups in total. The van der Waals surface area contributed by atoms with Gasteiger partial charge in [0.1, 0.15) is 0 Å².